The Bertz CT molecular complexity index is 630. The van der Waals surface area contributed by atoms with Gasteiger partial charge in [-0.1, -0.05) is 42.2 Å². The topological polar surface area (TPSA) is 18.5 Å². The van der Waals surface area contributed by atoms with Gasteiger partial charge in [-0.3, -0.25) is 0 Å². The van der Waals surface area contributed by atoms with E-state index in [1.54, 1.807) is 0 Å². The van der Waals surface area contributed by atoms with Crippen LogP contribution in [-0.4, -0.2) is 13.2 Å². The van der Waals surface area contributed by atoms with E-state index in [2.05, 4.69) is 11.8 Å². The third kappa shape index (κ3) is 2.39. The fourth-order valence-corrected chi connectivity index (χ4v) is 1.72. The van der Waals surface area contributed by atoms with Crippen molar-refractivity contribution < 1.29 is 9.47 Å². The van der Waals surface area contributed by atoms with Gasteiger partial charge in [0.25, 0.3) is 0 Å². The van der Waals surface area contributed by atoms with E-state index in [9.17, 15) is 0 Å². The van der Waals surface area contributed by atoms with Crippen LogP contribution in [0.1, 0.15) is 0 Å². The Morgan fingerprint density at radius 1 is 0.889 bits per heavy atom. The average Bonchev–Trinajstić information content (AvgIpc) is 2.43. The lowest BCUT2D eigenvalue weighted by Gasteiger charge is -2.12. The second-order valence-corrected chi connectivity index (χ2v) is 3.60. The molecule has 0 aliphatic carbocycles. The maximum atomic E-state index is 5.57. The normalized spacial score (nSPS) is 9.44. The maximum Gasteiger partial charge on any atom is 0.170 e. The predicted octanol–water partition coefficient (Wildman–Crippen LogP) is 2.86. The summed E-state index contributed by atoms with van der Waals surface area (Å²) in [5, 5.41) is 2.03. The van der Waals surface area contributed by atoms with E-state index in [0.717, 1.165) is 10.8 Å². The van der Waals surface area contributed by atoms with Crippen LogP contribution in [-0.2, 0) is 0 Å². The number of rotatable bonds is 4. The highest BCUT2D eigenvalue weighted by molar-refractivity contribution is 5.90. The Morgan fingerprint density at radius 3 is 2.39 bits per heavy atom. The highest BCUT2D eigenvalue weighted by Gasteiger charge is 2.09. The van der Waals surface area contributed by atoms with Crippen LogP contribution in [0.3, 0.4) is 0 Å². The van der Waals surface area contributed by atoms with Crippen LogP contribution < -0.4 is 9.47 Å². The minimum atomic E-state index is 0.195. The molecule has 18 heavy (non-hydrogen) atoms. The van der Waals surface area contributed by atoms with Crippen molar-refractivity contribution in [3.8, 4) is 36.2 Å². The maximum absolute atomic E-state index is 5.57. The number of ether oxygens (including phenoxy) is 2. The molecule has 0 bridgehead atoms. The van der Waals surface area contributed by atoms with Gasteiger partial charge in [-0.25, -0.2) is 0 Å². The monoisotopic (exact) mass is 236 g/mol. The molecule has 88 valence electrons. The summed E-state index contributed by atoms with van der Waals surface area (Å²) >= 11 is 0. The first-order chi connectivity index (χ1) is 8.86. The predicted molar refractivity (Wildman–Crippen MR) is 72.6 cm³/mol. The summed E-state index contributed by atoms with van der Waals surface area (Å²) in [5.74, 6) is 6.13. The van der Waals surface area contributed by atoms with Crippen molar-refractivity contribution in [2.75, 3.05) is 13.2 Å². The van der Waals surface area contributed by atoms with Crippen LogP contribution >= 0.6 is 0 Å². The first-order valence-electron chi connectivity index (χ1n) is 5.51. The van der Waals surface area contributed by atoms with Crippen molar-refractivity contribution in [2.24, 2.45) is 0 Å². The van der Waals surface area contributed by atoms with Gasteiger partial charge in [-0.15, -0.1) is 12.8 Å². The molecule has 0 amide bonds. The zero-order valence-electron chi connectivity index (χ0n) is 9.85. The zero-order valence-corrected chi connectivity index (χ0v) is 9.85. The van der Waals surface area contributed by atoms with E-state index in [4.69, 9.17) is 22.3 Å². The summed E-state index contributed by atoms with van der Waals surface area (Å²) in [4.78, 5) is 0. The molecule has 0 aliphatic heterocycles. The summed E-state index contributed by atoms with van der Waals surface area (Å²) in [7, 11) is 0. The number of fused-ring (bicyclic) bond motifs is 1. The molecule has 0 fully saturated rings. The molecule has 0 aliphatic rings. The summed E-state index contributed by atoms with van der Waals surface area (Å²) in [5.41, 5.74) is 0. The van der Waals surface area contributed by atoms with E-state index in [1.807, 2.05) is 36.4 Å². The summed E-state index contributed by atoms with van der Waals surface area (Å²) in [6, 6.07) is 11.7. The molecule has 2 nitrogen and oxygen atoms in total. The van der Waals surface area contributed by atoms with Crippen molar-refractivity contribution in [1.29, 1.82) is 0 Å². The molecule has 0 spiro atoms. The lowest BCUT2D eigenvalue weighted by atomic mass is 10.1. The number of hydrogen-bond donors (Lipinski definition) is 0. The highest BCUT2D eigenvalue weighted by atomic mass is 16.5. The van der Waals surface area contributed by atoms with Gasteiger partial charge in [0.05, 0.1) is 0 Å². The van der Waals surface area contributed by atoms with Crippen molar-refractivity contribution in [3.05, 3.63) is 36.4 Å². The molecule has 2 aromatic carbocycles. The Labute approximate surface area is 107 Å². The second-order valence-electron chi connectivity index (χ2n) is 3.60. The van der Waals surface area contributed by atoms with Gasteiger partial charge < -0.3 is 9.47 Å². The molecule has 0 saturated heterocycles. The summed E-state index contributed by atoms with van der Waals surface area (Å²) in [6.07, 6.45) is 10.4. The van der Waals surface area contributed by atoms with Crippen LogP contribution in [0.2, 0.25) is 0 Å². The first-order valence-corrected chi connectivity index (χ1v) is 5.51. The molecule has 0 atom stereocenters. The molecule has 0 saturated carbocycles. The van der Waals surface area contributed by atoms with Gasteiger partial charge in [-0.2, -0.15) is 0 Å². The Kier molecular flexibility index (Phi) is 3.74. The van der Waals surface area contributed by atoms with Gasteiger partial charge in [0.15, 0.2) is 11.5 Å². The van der Waals surface area contributed by atoms with Crippen molar-refractivity contribution in [2.45, 2.75) is 0 Å². The smallest absolute Gasteiger partial charge is 0.170 e. The molecule has 0 heterocycles. The summed E-state index contributed by atoms with van der Waals surface area (Å²) in [6.45, 7) is 0.394. The lowest BCUT2D eigenvalue weighted by molar-refractivity contribution is 0.318. The number of terminal acetylenes is 2. The van der Waals surface area contributed by atoms with Crippen LogP contribution in [0, 0.1) is 24.7 Å². The van der Waals surface area contributed by atoms with E-state index < -0.39 is 0 Å². The van der Waals surface area contributed by atoms with Gasteiger partial charge in [0.1, 0.15) is 13.2 Å². The van der Waals surface area contributed by atoms with E-state index in [-0.39, 0.29) is 13.2 Å². The third-order valence-corrected chi connectivity index (χ3v) is 2.45. The zero-order chi connectivity index (χ0) is 12.8. The molecule has 0 aromatic heterocycles. The van der Waals surface area contributed by atoms with Gasteiger partial charge in [0, 0.05) is 5.39 Å². The van der Waals surface area contributed by atoms with E-state index in [0.29, 0.717) is 11.5 Å². The quantitative estimate of drug-likeness (QED) is 0.760. The Hall–Kier alpha value is -2.58. The van der Waals surface area contributed by atoms with Crippen LogP contribution in [0.15, 0.2) is 36.4 Å². The van der Waals surface area contributed by atoms with Crippen molar-refractivity contribution in [1.82, 2.24) is 0 Å². The largest absolute Gasteiger partial charge is 0.477 e. The molecule has 0 radical (unpaired) electrons. The molecule has 0 unspecified atom stereocenters. The van der Waals surface area contributed by atoms with E-state index >= 15 is 0 Å². The van der Waals surface area contributed by atoms with Gasteiger partial charge in [-0.05, 0) is 11.5 Å². The Morgan fingerprint density at radius 2 is 1.61 bits per heavy atom. The van der Waals surface area contributed by atoms with E-state index in [1.165, 1.54) is 0 Å². The third-order valence-electron chi connectivity index (χ3n) is 2.45. The molecule has 2 rings (SSSR count). The van der Waals surface area contributed by atoms with Crippen molar-refractivity contribution >= 4 is 10.8 Å². The number of hydrogen-bond acceptors (Lipinski definition) is 2. The first kappa shape index (κ1) is 11.9. The average molecular weight is 236 g/mol. The summed E-state index contributed by atoms with van der Waals surface area (Å²) < 4.78 is 11.0. The molecular formula is C16H12O2. The van der Waals surface area contributed by atoms with Gasteiger partial charge >= 0.3 is 0 Å². The van der Waals surface area contributed by atoms with Crippen molar-refractivity contribution in [3.63, 3.8) is 0 Å². The minimum absolute atomic E-state index is 0.195. The van der Waals surface area contributed by atoms with Gasteiger partial charge in [0.2, 0.25) is 0 Å². The second kappa shape index (κ2) is 5.66. The fourth-order valence-electron chi connectivity index (χ4n) is 1.72. The minimum Gasteiger partial charge on any atom is -0.477 e. The Balaban J connectivity index is 2.49. The van der Waals surface area contributed by atoms with Crippen LogP contribution in [0.4, 0.5) is 0 Å². The highest BCUT2D eigenvalue weighted by Crippen LogP contribution is 2.35. The molecule has 0 N–H and O–H groups in total. The number of benzene rings is 2. The SMILES string of the molecule is C#CCOc1ccc2ccccc2c1OCC#C. The lowest BCUT2D eigenvalue weighted by Crippen LogP contribution is -2.00. The molecule has 2 aromatic rings. The standard InChI is InChI=1S/C16H12O2/c1-3-11-17-15-10-9-13-7-5-6-8-14(13)16(15)18-12-4-2/h1-2,5-10H,11-12H2. The molecule has 2 heteroatoms. The van der Waals surface area contributed by atoms with Crippen LogP contribution in [0.5, 0.6) is 11.5 Å². The fraction of sp³-hybridized carbons (Fsp3) is 0.125. The van der Waals surface area contributed by atoms with Crippen LogP contribution in [0.25, 0.3) is 10.8 Å². The molecular weight excluding hydrogens is 224 g/mol.